The van der Waals surface area contributed by atoms with E-state index >= 15 is 0 Å². The van der Waals surface area contributed by atoms with Gasteiger partial charge in [0.25, 0.3) is 34.4 Å². The minimum atomic E-state index is -0.481. The molecule has 12 heterocycles. The molecule has 33 nitrogen and oxygen atoms in total. The third-order valence-electron chi connectivity index (χ3n) is 26.5. The number of hydrogen-bond acceptors (Lipinski definition) is 21. The first-order valence-corrected chi connectivity index (χ1v) is 47.3. The highest BCUT2D eigenvalue weighted by molar-refractivity contribution is 6.30. The molecule has 6 aromatic rings. The molecule has 12 aliphatic rings. The van der Waals surface area contributed by atoms with Crippen LogP contribution in [-0.4, -0.2) is 110 Å². The fraction of sp³-hybridized carbons (Fsp3) is 0.318. The molecule has 0 unspecified atom stereocenters. The van der Waals surface area contributed by atoms with Crippen LogP contribution in [0.25, 0.3) is 36.5 Å². The molecule has 3 amide bonds. The summed E-state index contributed by atoms with van der Waals surface area (Å²) in [5.41, 5.74) is 6.39. The normalized spacial score (nSPS) is 13.3. The number of nitrogens with zero attached hydrogens (tertiary/aromatic N) is 9. The maximum atomic E-state index is 13.2. The Balaban J connectivity index is 0.000000144. The minimum Gasteiger partial charge on any atom is -0.507 e. The number of rotatable bonds is 16. The second kappa shape index (κ2) is 41.2. The van der Waals surface area contributed by atoms with Crippen LogP contribution in [0.2, 0.25) is 0 Å². The van der Waals surface area contributed by atoms with Gasteiger partial charge in [0.15, 0.2) is 17.3 Å². The van der Waals surface area contributed by atoms with Crippen molar-refractivity contribution in [2.75, 3.05) is 0 Å². The van der Waals surface area contributed by atoms with E-state index in [2.05, 4.69) is 63.5 Å². The fourth-order valence-electron chi connectivity index (χ4n) is 19.5. The van der Waals surface area contributed by atoms with E-state index in [9.17, 15) is 102 Å². The quantitative estimate of drug-likeness (QED) is 0.0493. The summed E-state index contributed by atoms with van der Waals surface area (Å²) in [5.74, 6) is -3.35. The number of carbonyl (C=O) groups is 9. The third kappa shape index (κ3) is 18.9. The van der Waals surface area contributed by atoms with Crippen molar-refractivity contribution in [2.24, 2.45) is 27.9 Å². The SMILES string of the molecule is C=c1cc(C)c2c(O)c3c(c(=O)c=2n1CC)=NC(=O)C=C3C.C=c1cc(C)c2c(O)c3c(c(=O)c=2n1CCC(C)C)=NC(=O)C=C3C.C=c1cc(CC)c2c(O)c3c(c(=O)c=2n1C)=NC(=O)C=C3C.CCCCCn1c2c(c(C)cc1=O)C(=O)c1c(C)cc(=O)[nH]c1C2=O.CCCCCn1c2c(c(C)cc1=O)C(=O)c1c(C)cc(=O)[nH]c1C2=O.CCCCn1c2c(c(C)cc1=O)C(=O)c1c(C)cc(=O)[nH]c1C2=O. The van der Waals surface area contributed by atoms with Crippen LogP contribution in [0.15, 0.2) is 131 Å². The summed E-state index contributed by atoms with van der Waals surface area (Å²) >= 11 is 0. The first kappa shape index (κ1) is 104. The van der Waals surface area contributed by atoms with Crippen molar-refractivity contribution in [3.05, 3.63) is 364 Å². The van der Waals surface area contributed by atoms with E-state index in [1.54, 1.807) is 78.5 Å². The zero-order valence-corrected chi connectivity index (χ0v) is 83.4. The number of aromatic nitrogens is 9. The molecule has 0 bridgehead atoms. The molecule has 0 atom stereocenters. The predicted molar refractivity (Wildman–Crippen MR) is 539 cm³/mol. The lowest BCUT2D eigenvalue weighted by atomic mass is 9.85. The van der Waals surface area contributed by atoms with Crippen LogP contribution >= 0.6 is 0 Å². The van der Waals surface area contributed by atoms with Crippen molar-refractivity contribution in [1.82, 2.24) is 42.4 Å². The Morgan fingerprint density at radius 1 is 0.329 bits per heavy atom. The van der Waals surface area contributed by atoms with E-state index in [0.717, 1.165) is 68.1 Å². The van der Waals surface area contributed by atoms with Gasteiger partial charge in [-0.05, 0) is 206 Å². The first-order valence-electron chi connectivity index (χ1n) is 47.3. The fourth-order valence-corrected chi connectivity index (χ4v) is 19.5. The maximum absolute atomic E-state index is 13.2. The molecule has 0 spiro atoms. The molecule has 6 aliphatic heterocycles. The number of unbranched alkanes of at least 4 members (excludes halogenated alkanes) is 5. The number of pyridine rings is 6. The van der Waals surface area contributed by atoms with Gasteiger partial charge in [-0.25, -0.2) is 15.0 Å². The van der Waals surface area contributed by atoms with Gasteiger partial charge >= 0.3 is 0 Å². The topological polar surface area (TPSA) is 482 Å². The van der Waals surface area contributed by atoms with Gasteiger partial charge in [-0.1, -0.05) is 93.4 Å². The number of aromatic amines is 3. The monoisotopic (exact) mass is 1940 g/mol. The standard InChI is InChI=1S/C20H22N2O3.2C19H20N2O4.C18H18N2O4.2C17H16N2O3/c1-10(2)6-7-22-13(5)8-11(3)16-18(22)20(25)17-15(19(16)24)12(4)9-14(23)21-17;2*1-4-5-6-7-21-13(23)9-11(3)15-17(21)19(25)16-14(18(15)24)10(2)8-12(22)20-16;1-4-5-6-20-12(22)8-10(3)14-16(20)18(24)15-13(17(14)23)9(2)7-11(21)19-15;1-5-10-7-9(3)19(4)15-13(10)16(21)12-8(2)6-11(20)18-14(12)17(15)22;1-5-19-10(4)6-8(2)13-15(19)17(22)14-12(16(13)21)9(3)7-11(20)18-14/h8-10,24H,5-7H2,1-4H3;2*8-9H,4-7H2,1-3H3,(H,20,22);7-8H,4-6H2,1-3H3,(H,19,21);6-7,21H,3,5H2,1-2,4H3;6-7,21H,4-5H2,1-3H3. The molecule has 143 heavy (non-hydrogen) atoms. The zero-order chi connectivity index (χ0) is 105. The third-order valence-corrected chi connectivity index (χ3v) is 26.5. The van der Waals surface area contributed by atoms with Crippen molar-refractivity contribution in [3.8, 4) is 17.2 Å². The molecule has 0 radical (unpaired) electrons. The number of H-pyrrole nitrogens is 3. The van der Waals surface area contributed by atoms with E-state index in [4.69, 9.17) is 0 Å². The Hall–Kier alpha value is -16.4. The van der Waals surface area contributed by atoms with E-state index in [1.165, 1.54) is 68.3 Å². The van der Waals surface area contributed by atoms with Crippen LogP contribution in [0.4, 0.5) is 0 Å². The number of nitrogens with one attached hydrogen (secondary N) is 3. The molecule has 18 rings (SSSR count). The van der Waals surface area contributed by atoms with Crippen LogP contribution in [-0.2, 0) is 60.6 Å². The summed E-state index contributed by atoms with van der Waals surface area (Å²) in [7, 11) is 1.71. The molecular weight excluding hydrogens is 1830 g/mol. The number of amides is 3. The molecule has 6 aliphatic carbocycles. The van der Waals surface area contributed by atoms with Crippen LogP contribution in [0.1, 0.15) is 290 Å². The second-order valence-electron chi connectivity index (χ2n) is 37.1. The van der Waals surface area contributed by atoms with Crippen LogP contribution in [0, 0.1) is 93.0 Å². The number of carbonyl (C=O) groups excluding carboxylic acids is 9. The Labute approximate surface area is 815 Å². The van der Waals surface area contributed by atoms with Gasteiger partial charge in [0.05, 0.1) is 50.1 Å². The molecule has 0 aromatic carbocycles. The largest absolute Gasteiger partial charge is 0.507 e. The van der Waals surface area contributed by atoms with Gasteiger partial charge in [0, 0.05) is 126 Å². The molecule has 738 valence electrons. The van der Waals surface area contributed by atoms with Gasteiger partial charge in [-0.3, -0.25) is 86.3 Å². The lowest BCUT2D eigenvalue weighted by Gasteiger charge is -2.23. The molecule has 6 N–H and O–H groups in total. The average molecular weight is 1940 g/mol. The molecule has 0 saturated carbocycles. The lowest BCUT2D eigenvalue weighted by molar-refractivity contribution is -0.114. The van der Waals surface area contributed by atoms with Crippen LogP contribution in [0.3, 0.4) is 0 Å². The van der Waals surface area contributed by atoms with E-state index in [0.29, 0.717) is 166 Å². The summed E-state index contributed by atoms with van der Waals surface area (Å²) in [5, 5.41) is 36.9. The Morgan fingerprint density at radius 3 is 0.958 bits per heavy atom. The lowest BCUT2D eigenvalue weighted by Crippen LogP contribution is -2.37. The maximum Gasteiger partial charge on any atom is 0.270 e. The number of aromatic hydroxyl groups is 3. The molecule has 0 fully saturated rings. The predicted octanol–water partition coefficient (Wildman–Crippen LogP) is 8.51. The highest BCUT2D eigenvalue weighted by atomic mass is 16.3. The average Bonchev–Trinajstić information content (AvgIpc) is 0.759. The number of hydrogen-bond donors (Lipinski definition) is 6. The van der Waals surface area contributed by atoms with Crippen molar-refractivity contribution >= 4 is 88.9 Å². The summed E-state index contributed by atoms with van der Waals surface area (Å²) in [6.45, 7) is 47.0. The molecule has 6 aromatic heterocycles. The second-order valence-corrected chi connectivity index (χ2v) is 37.1. The summed E-state index contributed by atoms with van der Waals surface area (Å²) in [6, 6.07) is 13.7. The van der Waals surface area contributed by atoms with Gasteiger partial charge in [0.1, 0.15) is 83.5 Å². The van der Waals surface area contributed by atoms with Crippen molar-refractivity contribution in [3.63, 3.8) is 0 Å². The Bertz CT molecular complexity index is 8870. The Morgan fingerprint density at radius 2 is 0.636 bits per heavy atom. The first-order chi connectivity index (χ1) is 67.5. The summed E-state index contributed by atoms with van der Waals surface area (Å²) in [4.78, 5) is 243. The van der Waals surface area contributed by atoms with E-state index in [1.807, 2.05) is 71.2 Å². The highest BCUT2D eigenvalue weighted by Gasteiger charge is 2.40. The van der Waals surface area contributed by atoms with Crippen molar-refractivity contribution in [1.29, 1.82) is 0 Å². The highest BCUT2D eigenvalue weighted by Crippen LogP contribution is 2.35. The number of allylic oxidation sites excluding steroid dienone is 3. The molecule has 0 saturated heterocycles. The van der Waals surface area contributed by atoms with Crippen molar-refractivity contribution in [2.45, 2.75) is 222 Å². The van der Waals surface area contributed by atoms with Crippen molar-refractivity contribution < 1.29 is 58.5 Å². The van der Waals surface area contributed by atoms with Gasteiger partial charge < -0.3 is 57.7 Å². The minimum absolute atomic E-state index is 0.00190. The number of ketones is 6. The molecular formula is C110H112N12O21. The number of aryl methyl sites for hydroxylation is 9. The van der Waals surface area contributed by atoms with Crippen LogP contribution in [0.5, 0.6) is 17.2 Å². The van der Waals surface area contributed by atoms with Gasteiger partial charge in [-0.15, -0.1) is 0 Å². The van der Waals surface area contributed by atoms with E-state index < -0.39 is 51.7 Å². The Kier molecular flexibility index (Phi) is 30.0. The summed E-state index contributed by atoms with van der Waals surface area (Å²) in [6.07, 6.45) is 12.4. The van der Waals surface area contributed by atoms with Crippen LogP contribution < -0.4 is 81.8 Å². The number of fused-ring (bicyclic) bond motifs is 9. The van der Waals surface area contributed by atoms with Gasteiger partial charge in [-0.2, -0.15) is 0 Å². The smallest absolute Gasteiger partial charge is 0.270 e. The summed E-state index contributed by atoms with van der Waals surface area (Å²) < 4.78 is 9.31. The zero-order valence-electron chi connectivity index (χ0n) is 83.4. The molecule has 33 heteroatoms. The van der Waals surface area contributed by atoms with E-state index in [-0.39, 0.29) is 151 Å². The van der Waals surface area contributed by atoms with Gasteiger partial charge in [0.2, 0.25) is 50.3 Å².